The predicted octanol–water partition coefficient (Wildman–Crippen LogP) is 3.97. The Labute approximate surface area is 130 Å². The fraction of sp³-hybridized carbons (Fsp3) is 0.118. The van der Waals surface area contributed by atoms with E-state index in [1.54, 1.807) is 10.9 Å². The zero-order valence-corrected chi connectivity index (χ0v) is 11.9. The van der Waals surface area contributed by atoms with Crippen LogP contribution in [-0.2, 0) is 6.18 Å². The third-order valence-electron chi connectivity index (χ3n) is 3.47. The number of aromatic nitrogens is 2. The standard InChI is InChI=1S/C17H13F3N2O/c18-17(19,20)14-6-4-5-12(9-14)16(23)13-10-21-22(11-13)15-7-2-1-3-8-15/h1-11,16,23H. The van der Waals surface area contributed by atoms with Crippen LogP contribution in [0.1, 0.15) is 22.8 Å². The van der Waals surface area contributed by atoms with Gasteiger partial charge in [0.2, 0.25) is 0 Å². The third kappa shape index (κ3) is 3.27. The Morgan fingerprint density at radius 1 is 0.957 bits per heavy atom. The molecule has 1 aromatic heterocycles. The number of halogens is 3. The maximum atomic E-state index is 12.8. The number of aliphatic hydroxyl groups excluding tert-OH is 1. The lowest BCUT2D eigenvalue weighted by Gasteiger charge is -2.12. The Kier molecular flexibility index (Phi) is 3.92. The van der Waals surface area contributed by atoms with Gasteiger partial charge in [0.25, 0.3) is 0 Å². The van der Waals surface area contributed by atoms with Crippen LogP contribution in [0.25, 0.3) is 5.69 Å². The number of benzene rings is 2. The monoisotopic (exact) mass is 318 g/mol. The lowest BCUT2D eigenvalue weighted by molar-refractivity contribution is -0.137. The van der Waals surface area contributed by atoms with Crippen molar-refractivity contribution >= 4 is 0 Å². The molecule has 118 valence electrons. The highest BCUT2D eigenvalue weighted by Crippen LogP contribution is 2.32. The molecule has 1 heterocycles. The predicted molar refractivity (Wildman–Crippen MR) is 79.1 cm³/mol. The minimum Gasteiger partial charge on any atom is -0.384 e. The average Bonchev–Trinajstić information content (AvgIpc) is 3.04. The highest BCUT2D eigenvalue weighted by molar-refractivity contribution is 5.35. The SMILES string of the molecule is OC(c1cccc(C(F)(F)F)c1)c1cnn(-c2ccccc2)c1. The van der Waals surface area contributed by atoms with Gasteiger partial charge in [0.1, 0.15) is 6.10 Å². The van der Waals surface area contributed by atoms with Crippen molar-refractivity contribution in [2.45, 2.75) is 12.3 Å². The summed E-state index contributed by atoms with van der Waals surface area (Å²) in [7, 11) is 0. The highest BCUT2D eigenvalue weighted by atomic mass is 19.4. The molecule has 0 saturated heterocycles. The number of alkyl halides is 3. The molecule has 0 aliphatic heterocycles. The maximum absolute atomic E-state index is 12.8. The van der Waals surface area contributed by atoms with Crippen molar-refractivity contribution in [3.05, 3.63) is 83.7 Å². The molecule has 0 radical (unpaired) electrons. The number of para-hydroxylation sites is 1. The first-order valence-electron chi connectivity index (χ1n) is 6.90. The smallest absolute Gasteiger partial charge is 0.384 e. The molecule has 0 saturated carbocycles. The molecule has 0 fully saturated rings. The molecule has 2 aromatic carbocycles. The number of hydrogen-bond donors (Lipinski definition) is 1. The van der Waals surface area contributed by atoms with Gasteiger partial charge in [0.15, 0.2) is 0 Å². The molecule has 3 nitrogen and oxygen atoms in total. The van der Waals surface area contributed by atoms with E-state index in [-0.39, 0.29) is 5.56 Å². The Morgan fingerprint density at radius 2 is 1.70 bits per heavy atom. The number of aliphatic hydroxyl groups is 1. The van der Waals surface area contributed by atoms with E-state index in [0.29, 0.717) is 5.56 Å². The van der Waals surface area contributed by atoms with Crippen molar-refractivity contribution < 1.29 is 18.3 Å². The minimum absolute atomic E-state index is 0.174. The van der Waals surface area contributed by atoms with Crippen LogP contribution in [0.4, 0.5) is 13.2 Å². The first-order chi connectivity index (χ1) is 10.9. The molecule has 1 N–H and O–H groups in total. The molecule has 3 aromatic rings. The van der Waals surface area contributed by atoms with E-state index >= 15 is 0 Å². The zero-order valence-electron chi connectivity index (χ0n) is 11.9. The molecule has 6 heteroatoms. The molecular formula is C17H13F3N2O. The molecule has 0 spiro atoms. The Hall–Kier alpha value is -2.60. The normalized spacial score (nSPS) is 13.0. The Balaban J connectivity index is 1.90. The lowest BCUT2D eigenvalue weighted by atomic mass is 10.0. The first kappa shape index (κ1) is 15.3. The van der Waals surface area contributed by atoms with Gasteiger partial charge in [-0.05, 0) is 29.8 Å². The largest absolute Gasteiger partial charge is 0.416 e. The summed E-state index contributed by atoms with van der Waals surface area (Å²) in [5.74, 6) is 0. The Morgan fingerprint density at radius 3 is 2.39 bits per heavy atom. The first-order valence-corrected chi connectivity index (χ1v) is 6.90. The van der Waals surface area contributed by atoms with Crippen molar-refractivity contribution in [3.63, 3.8) is 0 Å². The molecule has 0 aliphatic carbocycles. The van der Waals surface area contributed by atoms with Crippen LogP contribution in [0.2, 0.25) is 0 Å². The van der Waals surface area contributed by atoms with Gasteiger partial charge in [-0.25, -0.2) is 4.68 Å². The van der Waals surface area contributed by atoms with Gasteiger partial charge in [-0.3, -0.25) is 0 Å². The summed E-state index contributed by atoms with van der Waals surface area (Å²) in [6, 6.07) is 13.9. The van der Waals surface area contributed by atoms with E-state index in [9.17, 15) is 18.3 Å². The zero-order chi connectivity index (χ0) is 16.4. The van der Waals surface area contributed by atoms with E-state index in [2.05, 4.69) is 5.10 Å². The summed E-state index contributed by atoms with van der Waals surface area (Å²) in [5, 5.41) is 14.5. The molecule has 0 amide bonds. The molecule has 3 rings (SSSR count). The van der Waals surface area contributed by atoms with Crippen LogP contribution in [-0.4, -0.2) is 14.9 Å². The second-order valence-corrected chi connectivity index (χ2v) is 5.08. The van der Waals surface area contributed by atoms with Crippen LogP contribution in [0.15, 0.2) is 67.0 Å². The maximum Gasteiger partial charge on any atom is 0.416 e. The number of rotatable bonds is 3. The molecular weight excluding hydrogens is 305 g/mol. The third-order valence-corrected chi connectivity index (χ3v) is 3.47. The van der Waals surface area contributed by atoms with Gasteiger partial charge in [-0.1, -0.05) is 30.3 Å². The average molecular weight is 318 g/mol. The molecule has 1 atom stereocenters. The fourth-order valence-electron chi connectivity index (χ4n) is 2.28. The van der Waals surface area contributed by atoms with Gasteiger partial charge in [-0.2, -0.15) is 18.3 Å². The van der Waals surface area contributed by atoms with Crippen molar-refractivity contribution in [2.75, 3.05) is 0 Å². The van der Waals surface area contributed by atoms with Crippen LogP contribution < -0.4 is 0 Å². The summed E-state index contributed by atoms with van der Waals surface area (Å²) in [6.45, 7) is 0. The van der Waals surface area contributed by atoms with Crippen molar-refractivity contribution in [3.8, 4) is 5.69 Å². The highest BCUT2D eigenvalue weighted by Gasteiger charge is 2.31. The minimum atomic E-state index is -4.44. The summed E-state index contributed by atoms with van der Waals surface area (Å²) in [5.41, 5.74) is 0.611. The lowest BCUT2D eigenvalue weighted by Crippen LogP contribution is -2.07. The van der Waals surface area contributed by atoms with Crippen molar-refractivity contribution in [2.24, 2.45) is 0 Å². The molecule has 0 aliphatic rings. The number of nitrogens with zero attached hydrogens (tertiary/aromatic N) is 2. The van der Waals surface area contributed by atoms with E-state index in [0.717, 1.165) is 17.8 Å². The van der Waals surface area contributed by atoms with Crippen LogP contribution in [0, 0.1) is 0 Å². The summed E-state index contributed by atoms with van der Waals surface area (Å²) in [4.78, 5) is 0. The van der Waals surface area contributed by atoms with E-state index in [4.69, 9.17) is 0 Å². The topological polar surface area (TPSA) is 38.1 Å². The Bertz CT molecular complexity index is 797. The molecule has 0 bridgehead atoms. The van der Waals surface area contributed by atoms with Crippen LogP contribution in [0.5, 0.6) is 0 Å². The van der Waals surface area contributed by atoms with E-state index in [1.807, 2.05) is 30.3 Å². The van der Waals surface area contributed by atoms with E-state index < -0.39 is 17.8 Å². The van der Waals surface area contributed by atoms with Gasteiger partial charge in [0.05, 0.1) is 17.4 Å². The van der Waals surface area contributed by atoms with Crippen LogP contribution >= 0.6 is 0 Å². The van der Waals surface area contributed by atoms with Gasteiger partial charge < -0.3 is 5.11 Å². The molecule has 1 unspecified atom stereocenters. The van der Waals surface area contributed by atoms with E-state index in [1.165, 1.54) is 18.3 Å². The number of hydrogen-bond acceptors (Lipinski definition) is 2. The summed E-state index contributed by atoms with van der Waals surface area (Å²) >= 11 is 0. The van der Waals surface area contributed by atoms with Crippen molar-refractivity contribution in [1.29, 1.82) is 0 Å². The van der Waals surface area contributed by atoms with Gasteiger partial charge in [-0.15, -0.1) is 0 Å². The second kappa shape index (κ2) is 5.89. The van der Waals surface area contributed by atoms with Gasteiger partial charge in [0, 0.05) is 11.8 Å². The van der Waals surface area contributed by atoms with Crippen molar-refractivity contribution in [1.82, 2.24) is 9.78 Å². The summed E-state index contributed by atoms with van der Waals surface area (Å²) in [6.07, 6.45) is -2.57. The summed E-state index contributed by atoms with van der Waals surface area (Å²) < 4.78 is 39.8. The second-order valence-electron chi connectivity index (χ2n) is 5.08. The van der Waals surface area contributed by atoms with Gasteiger partial charge >= 0.3 is 6.18 Å². The quantitative estimate of drug-likeness (QED) is 0.793. The molecule has 23 heavy (non-hydrogen) atoms. The fourth-order valence-corrected chi connectivity index (χ4v) is 2.28. The van der Waals surface area contributed by atoms with Crippen LogP contribution in [0.3, 0.4) is 0 Å².